The monoisotopic (exact) mass is 288 g/mol. The summed E-state index contributed by atoms with van der Waals surface area (Å²) in [4.78, 5) is 4.05. The van der Waals surface area contributed by atoms with Crippen molar-refractivity contribution in [2.24, 2.45) is 0 Å². The Bertz CT molecular complexity index is 573. The number of nitrogens with zero attached hydrogens (tertiary/aromatic N) is 2. The number of ether oxygens (including phenoxy) is 1. The van der Waals surface area contributed by atoms with E-state index in [4.69, 9.17) is 10.00 Å². The van der Waals surface area contributed by atoms with Crippen LogP contribution >= 0.6 is 15.9 Å². The maximum absolute atomic E-state index is 8.66. The van der Waals surface area contributed by atoms with E-state index < -0.39 is 0 Å². The highest BCUT2D eigenvalue weighted by Gasteiger charge is 2.03. The van der Waals surface area contributed by atoms with Crippen LogP contribution in [0.1, 0.15) is 11.1 Å². The van der Waals surface area contributed by atoms with Gasteiger partial charge in [0.05, 0.1) is 5.56 Å². The predicted octanol–water partition coefficient (Wildman–Crippen LogP) is 3.82. The summed E-state index contributed by atoms with van der Waals surface area (Å²) >= 11 is 3.39. The largest absolute Gasteiger partial charge is 0.439 e. The topological polar surface area (TPSA) is 45.9 Å². The van der Waals surface area contributed by atoms with Crippen molar-refractivity contribution < 1.29 is 4.74 Å². The van der Waals surface area contributed by atoms with Crippen LogP contribution in [0.3, 0.4) is 0 Å². The first-order valence-electron chi connectivity index (χ1n) is 4.99. The third kappa shape index (κ3) is 2.83. The van der Waals surface area contributed by atoms with Gasteiger partial charge in [-0.25, -0.2) is 4.98 Å². The average molecular weight is 289 g/mol. The number of rotatable bonds is 2. The van der Waals surface area contributed by atoms with Gasteiger partial charge in [0.2, 0.25) is 5.88 Å². The number of benzene rings is 1. The van der Waals surface area contributed by atoms with Gasteiger partial charge in [-0.05, 0) is 36.8 Å². The van der Waals surface area contributed by atoms with Crippen LogP contribution in [-0.4, -0.2) is 4.98 Å². The van der Waals surface area contributed by atoms with Crippen molar-refractivity contribution in [3.05, 3.63) is 52.1 Å². The fraction of sp³-hybridized carbons (Fsp3) is 0.0769. The molecule has 0 atom stereocenters. The van der Waals surface area contributed by atoms with Gasteiger partial charge < -0.3 is 4.74 Å². The molecule has 0 unspecified atom stereocenters. The zero-order valence-corrected chi connectivity index (χ0v) is 10.7. The van der Waals surface area contributed by atoms with Crippen molar-refractivity contribution in [3.63, 3.8) is 0 Å². The van der Waals surface area contributed by atoms with Gasteiger partial charge in [-0.2, -0.15) is 5.26 Å². The number of hydrogen-bond acceptors (Lipinski definition) is 3. The highest BCUT2D eigenvalue weighted by atomic mass is 79.9. The average Bonchev–Trinajstić information content (AvgIpc) is 2.34. The number of pyridine rings is 1. The minimum absolute atomic E-state index is 0.481. The summed E-state index contributed by atoms with van der Waals surface area (Å²) in [6.45, 7) is 1.96. The van der Waals surface area contributed by atoms with E-state index in [-0.39, 0.29) is 0 Å². The summed E-state index contributed by atoms with van der Waals surface area (Å²) in [5.41, 5.74) is 1.54. The van der Waals surface area contributed by atoms with Crippen LogP contribution in [0.25, 0.3) is 0 Å². The molecule has 4 heteroatoms. The predicted molar refractivity (Wildman–Crippen MR) is 67.9 cm³/mol. The van der Waals surface area contributed by atoms with Crippen LogP contribution in [0.2, 0.25) is 0 Å². The Balaban J connectivity index is 2.23. The molecule has 0 N–H and O–H groups in total. The summed E-state index contributed by atoms with van der Waals surface area (Å²) in [5, 5.41) is 8.66. The SMILES string of the molecule is Cc1cc(Br)ccc1Oc1ccc(C#N)cn1. The summed E-state index contributed by atoms with van der Waals surface area (Å²) in [6, 6.07) is 11.1. The molecule has 0 aliphatic carbocycles. The summed E-state index contributed by atoms with van der Waals surface area (Å²) in [7, 11) is 0. The Morgan fingerprint density at radius 1 is 1.29 bits per heavy atom. The number of halogens is 1. The zero-order chi connectivity index (χ0) is 12.3. The van der Waals surface area contributed by atoms with E-state index in [2.05, 4.69) is 20.9 Å². The summed E-state index contributed by atoms with van der Waals surface area (Å²) in [6.07, 6.45) is 1.49. The zero-order valence-electron chi connectivity index (χ0n) is 9.14. The first-order chi connectivity index (χ1) is 8.19. The van der Waals surface area contributed by atoms with E-state index >= 15 is 0 Å². The molecule has 2 aromatic rings. The van der Waals surface area contributed by atoms with Crippen molar-refractivity contribution in [1.82, 2.24) is 4.98 Å². The highest BCUT2D eigenvalue weighted by Crippen LogP contribution is 2.26. The fourth-order valence-electron chi connectivity index (χ4n) is 1.35. The molecule has 0 spiro atoms. The lowest BCUT2D eigenvalue weighted by atomic mass is 10.2. The van der Waals surface area contributed by atoms with E-state index in [1.807, 2.05) is 31.2 Å². The quantitative estimate of drug-likeness (QED) is 0.844. The minimum atomic E-state index is 0.481. The second-order valence-electron chi connectivity index (χ2n) is 3.51. The standard InChI is InChI=1S/C13H9BrN2O/c1-9-6-11(14)3-4-12(9)17-13-5-2-10(7-15)8-16-13/h2-6,8H,1H3. The van der Waals surface area contributed by atoms with Crippen molar-refractivity contribution in [2.75, 3.05) is 0 Å². The Labute approximate surface area is 108 Å². The van der Waals surface area contributed by atoms with E-state index in [0.29, 0.717) is 11.4 Å². The molecule has 0 amide bonds. The summed E-state index contributed by atoms with van der Waals surface area (Å²) in [5.74, 6) is 1.24. The molecule has 0 aliphatic rings. The maximum atomic E-state index is 8.66. The third-order valence-electron chi connectivity index (χ3n) is 2.22. The van der Waals surface area contributed by atoms with E-state index in [1.165, 1.54) is 6.20 Å². The minimum Gasteiger partial charge on any atom is -0.439 e. The van der Waals surface area contributed by atoms with Gasteiger partial charge in [0.25, 0.3) is 0 Å². The molecule has 17 heavy (non-hydrogen) atoms. The number of nitriles is 1. The molecule has 0 radical (unpaired) electrons. The molecular formula is C13H9BrN2O. The van der Waals surface area contributed by atoms with Gasteiger partial charge in [-0.15, -0.1) is 0 Å². The molecule has 1 heterocycles. The summed E-state index contributed by atoms with van der Waals surface area (Å²) < 4.78 is 6.63. The third-order valence-corrected chi connectivity index (χ3v) is 2.71. The molecule has 3 nitrogen and oxygen atoms in total. The van der Waals surface area contributed by atoms with E-state index in [9.17, 15) is 0 Å². The second-order valence-corrected chi connectivity index (χ2v) is 4.42. The van der Waals surface area contributed by atoms with E-state index in [1.54, 1.807) is 12.1 Å². The number of aryl methyl sites for hydroxylation is 1. The highest BCUT2D eigenvalue weighted by molar-refractivity contribution is 9.10. The second kappa shape index (κ2) is 4.98. The molecule has 0 aliphatic heterocycles. The first kappa shape index (κ1) is 11.6. The Hall–Kier alpha value is -1.86. The molecule has 84 valence electrons. The van der Waals surface area contributed by atoms with Crippen LogP contribution in [0.5, 0.6) is 11.6 Å². The van der Waals surface area contributed by atoms with Crippen molar-refractivity contribution in [3.8, 4) is 17.7 Å². The molecule has 0 fully saturated rings. The lowest BCUT2D eigenvalue weighted by Gasteiger charge is -2.07. The lowest BCUT2D eigenvalue weighted by Crippen LogP contribution is -1.90. The molecular weight excluding hydrogens is 280 g/mol. The molecule has 0 bridgehead atoms. The van der Waals surface area contributed by atoms with E-state index in [0.717, 1.165) is 15.8 Å². The van der Waals surface area contributed by atoms with Gasteiger partial charge in [-0.3, -0.25) is 0 Å². The number of aromatic nitrogens is 1. The van der Waals surface area contributed by atoms with Gasteiger partial charge in [0, 0.05) is 16.7 Å². The first-order valence-corrected chi connectivity index (χ1v) is 5.78. The Morgan fingerprint density at radius 2 is 2.12 bits per heavy atom. The molecule has 1 aromatic carbocycles. The normalized spacial score (nSPS) is 9.71. The van der Waals surface area contributed by atoms with Crippen LogP contribution in [0, 0.1) is 18.3 Å². The lowest BCUT2D eigenvalue weighted by molar-refractivity contribution is 0.459. The van der Waals surface area contributed by atoms with Gasteiger partial charge in [-0.1, -0.05) is 15.9 Å². The molecule has 0 saturated carbocycles. The molecule has 2 rings (SSSR count). The maximum Gasteiger partial charge on any atom is 0.219 e. The number of hydrogen-bond donors (Lipinski definition) is 0. The van der Waals surface area contributed by atoms with Crippen molar-refractivity contribution in [2.45, 2.75) is 6.92 Å². The van der Waals surface area contributed by atoms with Crippen LogP contribution in [0.4, 0.5) is 0 Å². The van der Waals surface area contributed by atoms with Crippen LogP contribution < -0.4 is 4.74 Å². The smallest absolute Gasteiger partial charge is 0.219 e. The van der Waals surface area contributed by atoms with Gasteiger partial charge in [0.15, 0.2) is 0 Å². The van der Waals surface area contributed by atoms with Gasteiger partial charge in [0.1, 0.15) is 11.8 Å². The van der Waals surface area contributed by atoms with Crippen molar-refractivity contribution in [1.29, 1.82) is 5.26 Å². The van der Waals surface area contributed by atoms with Crippen LogP contribution in [0.15, 0.2) is 41.0 Å². The van der Waals surface area contributed by atoms with Gasteiger partial charge >= 0.3 is 0 Å². The van der Waals surface area contributed by atoms with Crippen LogP contribution in [-0.2, 0) is 0 Å². The Kier molecular flexibility index (Phi) is 3.40. The van der Waals surface area contributed by atoms with Crippen molar-refractivity contribution >= 4 is 15.9 Å². The molecule has 0 saturated heterocycles. The Morgan fingerprint density at radius 3 is 2.71 bits per heavy atom. The fourth-order valence-corrected chi connectivity index (χ4v) is 1.82. The molecule has 1 aromatic heterocycles.